The predicted molar refractivity (Wildman–Crippen MR) is 60.2 cm³/mol. The van der Waals surface area contributed by atoms with E-state index in [-0.39, 0.29) is 0 Å². The zero-order chi connectivity index (χ0) is 10.3. The number of nitrogens with zero attached hydrogens (tertiary/aromatic N) is 3. The molecule has 74 valence electrons. The van der Waals surface area contributed by atoms with E-state index in [0.29, 0.717) is 5.82 Å². The maximum absolute atomic E-state index is 4.11. The normalized spacial score (nSPS) is 10.4. The third-order valence-electron chi connectivity index (χ3n) is 1.72. The monoisotopic (exact) mass is 198 g/mol. The Labute approximate surface area is 87.7 Å². The minimum absolute atomic E-state index is 0.668. The highest BCUT2D eigenvalue weighted by molar-refractivity contribution is 5.75. The third-order valence-corrected chi connectivity index (χ3v) is 1.72. The van der Waals surface area contributed by atoms with Crippen molar-refractivity contribution in [1.29, 1.82) is 0 Å². The van der Waals surface area contributed by atoms with Gasteiger partial charge >= 0.3 is 0 Å². The summed E-state index contributed by atoms with van der Waals surface area (Å²) in [4.78, 5) is 12.3. The van der Waals surface area contributed by atoms with Crippen molar-refractivity contribution in [3.63, 3.8) is 0 Å². The van der Waals surface area contributed by atoms with Crippen LogP contribution in [0.1, 0.15) is 0 Å². The van der Waals surface area contributed by atoms with Gasteiger partial charge in [-0.15, -0.1) is 0 Å². The lowest BCUT2D eigenvalue weighted by Gasteiger charge is -1.96. The van der Waals surface area contributed by atoms with Crippen molar-refractivity contribution < 1.29 is 0 Å². The zero-order valence-corrected chi connectivity index (χ0v) is 8.04. The van der Waals surface area contributed by atoms with Crippen molar-refractivity contribution in [2.45, 2.75) is 0 Å². The molecule has 0 aliphatic carbocycles. The number of aromatic nitrogens is 2. The minimum Gasteiger partial charge on any atom is -0.331 e. The summed E-state index contributed by atoms with van der Waals surface area (Å²) in [6, 6.07) is 11.2. The Kier molecular flexibility index (Phi) is 3.02. The van der Waals surface area contributed by atoms with Crippen molar-refractivity contribution in [3.05, 3.63) is 48.8 Å². The summed E-state index contributed by atoms with van der Waals surface area (Å²) in [6.45, 7) is 0. The molecule has 0 unspecified atom stereocenters. The number of anilines is 1. The topological polar surface area (TPSA) is 50.2 Å². The Morgan fingerprint density at radius 3 is 2.47 bits per heavy atom. The number of aliphatic imine (C=N–C) groups is 1. The van der Waals surface area contributed by atoms with E-state index in [1.165, 1.54) is 0 Å². The Morgan fingerprint density at radius 2 is 1.80 bits per heavy atom. The van der Waals surface area contributed by atoms with Gasteiger partial charge in [0.15, 0.2) is 5.82 Å². The molecule has 1 N–H and O–H groups in total. The summed E-state index contributed by atoms with van der Waals surface area (Å²) >= 11 is 0. The third kappa shape index (κ3) is 2.87. The van der Waals surface area contributed by atoms with Crippen molar-refractivity contribution in [3.8, 4) is 0 Å². The highest BCUT2D eigenvalue weighted by Crippen LogP contribution is 2.04. The van der Waals surface area contributed by atoms with Gasteiger partial charge in [-0.1, -0.05) is 12.1 Å². The van der Waals surface area contributed by atoms with Crippen LogP contribution in [0.25, 0.3) is 0 Å². The van der Waals surface area contributed by atoms with Crippen LogP contribution in [-0.4, -0.2) is 16.3 Å². The van der Waals surface area contributed by atoms with E-state index < -0.39 is 0 Å². The summed E-state index contributed by atoms with van der Waals surface area (Å²) in [5, 5.41) is 2.95. The van der Waals surface area contributed by atoms with Crippen LogP contribution in [0.2, 0.25) is 0 Å². The molecule has 0 saturated carbocycles. The Morgan fingerprint density at radius 1 is 1.00 bits per heavy atom. The summed E-state index contributed by atoms with van der Waals surface area (Å²) in [5.74, 6) is 1.43. The summed E-state index contributed by atoms with van der Waals surface area (Å²) in [6.07, 6.45) is 5.00. The van der Waals surface area contributed by atoms with E-state index in [9.17, 15) is 0 Å². The molecule has 4 nitrogen and oxygen atoms in total. The molecular weight excluding hydrogens is 188 g/mol. The second-order valence-electron chi connectivity index (χ2n) is 2.81. The SMILES string of the molecule is C(=Nc1ccccn1)Nc1ccccn1. The number of hydrogen-bond acceptors (Lipinski definition) is 3. The maximum Gasteiger partial charge on any atom is 0.153 e. The van der Waals surface area contributed by atoms with Crippen LogP contribution in [0, 0.1) is 0 Å². The van der Waals surface area contributed by atoms with Crippen LogP contribution < -0.4 is 5.32 Å². The number of pyridine rings is 2. The van der Waals surface area contributed by atoms with Crippen LogP contribution in [0.5, 0.6) is 0 Å². The minimum atomic E-state index is 0.668. The molecule has 0 saturated heterocycles. The molecule has 2 aromatic rings. The molecule has 2 aromatic heterocycles. The van der Waals surface area contributed by atoms with Crippen LogP contribution in [-0.2, 0) is 0 Å². The van der Waals surface area contributed by atoms with E-state index >= 15 is 0 Å². The molecule has 0 fully saturated rings. The Bertz CT molecular complexity index is 425. The van der Waals surface area contributed by atoms with Gasteiger partial charge in [-0.3, -0.25) is 0 Å². The van der Waals surface area contributed by atoms with E-state index in [2.05, 4.69) is 20.3 Å². The lowest BCUT2D eigenvalue weighted by atomic mass is 10.5. The first kappa shape index (κ1) is 9.33. The van der Waals surface area contributed by atoms with Gasteiger partial charge in [0.2, 0.25) is 0 Å². The molecule has 0 atom stereocenters. The van der Waals surface area contributed by atoms with Crippen LogP contribution in [0.15, 0.2) is 53.8 Å². The van der Waals surface area contributed by atoms with Crippen molar-refractivity contribution in [2.75, 3.05) is 5.32 Å². The van der Waals surface area contributed by atoms with E-state index in [4.69, 9.17) is 0 Å². The van der Waals surface area contributed by atoms with Crippen molar-refractivity contribution in [2.24, 2.45) is 4.99 Å². The number of nitrogens with one attached hydrogen (secondary N) is 1. The standard InChI is InChI=1S/C11H10N4/c1-3-7-12-10(5-1)14-9-15-11-6-2-4-8-13-11/h1-9H,(H,12,13,14,15). The maximum atomic E-state index is 4.11. The molecule has 0 aliphatic rings. The van der Waals surface area contributed by atoms with Crippen LogP contribution in [0.4, 0.5) is 11.6 Å². The van der Waals surface area contributed by atoms with Gasteiger partial charge in [-0.2, -0.15) is 0 Å². The molecule has 0 spiro atoms. The first-order chi connectivity index (χ1) is 7.45. The Hall–Kier alpha value is -2.23. The van der Waals surface area contributed by atoms with Crippen LogP contribution >= 0.6 is 0 Å². The van der Waals surface area contributed by atoms with Gasteiger partial charge in [0.1, 0.15) is 5.82 Å². The summed E-state index contributed by atoms with van der Waals surface area (Å²) < 4.78 is 0. The van der Waals surface area contributed by atoms with Gasteiger partial charge in [0.25, 0.3) is 0 Å². The first-order valence-corrected chi connectivity index (χ1v) is 4.56. The van der Waals surface area contributed by atoms with Gasteiger partial charge in [0, 0.05) is 12.4 Å². The largest absolute Gasteiger partial charge is 0.331 e. The molecule has 15 heavy (non-hydrogen) atoms. The molecule has 2 rings (SSSR count). The summed E-state index contributed by atoms with van der Waals surface area (Å²) in [7, 11) is 0. The molecule has 2 heterocycles. The van der Waals surface area contributed by atoms with Gasteiger partial charge < -0.3 is 5.32 Å². The molecule has 0 amide bonds. The van der Waals surface area contributed by atoms with Gasteiger partial charge in [-0.25, -0.2) is 15.0 Å². The first-order valence-electron chi connectivity index (χ1n) is 4.56. The molecular formula is C11H10N4. The fourth-order valence-corrected chi connectivity index (χ4v) is 1.04. The number of hydrogen-bond donors (Lipinski definition) is 1. The van der Waals surface area contributed by atoms with E-state index in [1.807, 2.05) is 36.4 Å². The Balaban J connectivity index is 1.97. The molecule has 0 aliphatic heterocycles. The van der Waals surface area contributed by atoms with Gasteiger partial charge in [-0.05, 0) is 24.3 Å². The molecule has 4 heteroatoms. The van der Waals surface area contributed by atoms with Gasteiger partial charge in [0.05, 0.1) is 6.34 Å². The highest BCUT2D eigenvalue weighted by atomic mass is 15.0. The molecule has 0 aromatic carbocycles. The van der Waals surface area contributed by atoms with E-state index in [1.54, 1.807) is 18.7 Å². The fraction of sp³-hybridized carbons (Fsp3) is 0. The van der Waals surface area contributed by atoms with Crippen molar-refractivity contribution in [1.82, 2.24) is 9.97 Å². The average molecular weight is 198 g/mol. The molecule has 0 bridgehead atoms. The average Bonchev–Trinajstić information content (AvgIpc) is 2.32. The smallest absolute Gasteiger partial charge is 0.153 e. The second kappa shape index (κ2) is 4.85. The lowest BCUT2D eigenvalue weighted by molar-refractivity contribution is 1.27. The quantitative estimate of drug-likeness (QED) is 0.607. The zero-order valence-electron chi connectivity index (χ0n) is 8.04. The second-order valence-corrected chi connectivity index (χ2v) is 2.81. The molecule has 0 radical (unpaired) electrons. The predicted octanol–water partition coefficient (Wildman–Crippen LogP) is 2.25. The highest BCUT2D eigenvalue weighted by Gasteiger charge is 1.87. The van der Waals surface area contributed by atoms with Crippen molar-refractivity contribution >= 4 is 18.0 Å². The number of rotatable bonds is 3. The summed E-state index contributed by atoms with van der Waals surface area (Å²) in [5.41, 5.74) is 0. The lowest BCUT2D eigenvalue weighted by Crippen LogP contribution is -1.95. The van der Waals surface area contributed by atoms with E-state index in [0.717, 1.165) is 5.82 Å². The van der Waals surface area contributed by atoms with Crippen LogP contribution in [0.3, 0.4) is 0 Å². The fourth-order valence-electron chi connectivity index (χ4n) is 1.04.